The minimum Gasteiger partial charge on any atom is -0.387 e. The second kappa shape index (κ2) is 6.50. The first-order chi connectivity index (χ1) is 8.43. The number of rotatable bonds is 7. The van der Waals surface area contributed by atoms with Gasteiger partial charge in [0.25, 0.3) is 0 Å². The molecule has 3 nitrogen and oxygen atoms in total. The van der Waals surface area contributed by atoms with Gasteiger partial charge in [0, 0.05) is 17.6 Å². The molecule has 0 aliphatic carbocycles. The molecule has 0 aliphatic rings. The molecule has 0 aromatic heterocycles. The van der Waals surface area contributed by atoms with E-state index in [0.29, 0.717) is 12.2 Å². The summed E-state index contributed by atoms with van der Waals surface area (Å²) in [6.07, 6.45) is 1.60. The highest BCUT2D eigenvalue weighted by Crippen LogP contribution is 2.21. The summed E-state index contributed by atoms with van der Waals surface area (Å²) >= 11 is 0. The van der Waals surface area contributed by atoms with Crippen LogP contribution in [0.2, 0.25) is 0 Å². The maximum Gasteiger partial charge on any atom is 0.128 e. The molecule has 1 rings (SSSR count). The fraction of sp³-hybridized carbons (Fsp3) is 0.500. The Hall–Kier alpha value is -1.42. The lowest BCUT2D eigenvalue weighted by Gasteiger charge is -2.22. The number of nitrogens with two attached hydrogens (primary N) is 1. The van der Waals surface area contributed by atoms with Gasteiger partial charge in [-0.3, -0.25) is 5.41 Å². The normalized spacial score (nSPS) is 11.5. The van der Waals surface area contributed by atoms with Gasteiger partial charge in [-0.05, 0) is 18.9 Å². The summed E-state index contributed by atoms with van der Waals surface area (Å²) in [5, 5.41) is 7.43. The van der Waals surface area contributed by atoms with Crippen LogP contribution in [0.3, 0.4) is 0 Å². The van der Waals surface area contributed by atoms with Crippen molar-refractivity contribution < 1.29 is 9.13 Å². The highest BCUT2D eigenvalue weighted by Gasteiger charge is 2.20. The molecule has 3 N–H and O–H groups in total. The average Bonchev–Trinajstić information content (AvgIpc) is 2.30. The van der Waals surface area contributed by atoms with E-state index in [1.165, 1.54) is 6.07 Å². The zero-order valence-electron chi connectivity index (χ0n) is 11.0. The molecule has 0 atom stereocenters. The van der Waals surface area contributed by atoms with E-state index in [1.807, 2.05) is 13.8 Å². The van der Waals surface area contributed by atoms with Gasteiger partial charge in [0.2, 0.25) is 0 Å². The van der Waals surface area contributed by atoms with Crippen LogP contribution in [-0.2, 0) is 11.3 Å². The van der Waals surface area contributed by atoms with Crippen LogP contribution in [0.25, 0.3) is 0 Å². The van der Waals surface area contributed by atoms with Crippen molar-refractivity contribution in [3.63, 3.8) is 0 Å². The van der Waals surface area contributed by atoms with E-state index in [4.69, 9.17) is 15.9 Å². The van der Waals surface area contributed by atoms with E-state index >= 15 is 0 Å². The zero-order valence-corrected chi connectivity index (χ0v) is 11.0. The summed E-state index contributed by atoms with van der Waals surface area (Å²) in [5.41, 5.74) is 5.77. The number of hydrogen-bond acceptors (Lipinski definition) is 2. The number of halogens is 1. The first-order valence-corrected chi connectivity index (χ1v) is 6.09. The maximum absolute atomic E-state index is 13.3. The molecule has 0 unspecified atom stereocenters. The third-order valence-corrected chi connectivity index (χ3v) is 3.03. The molecular formula is C14H21FN2O. The lowest BCUT2D eigenvalue weighted by molar-refractivity contribution is 0.110. The second-order valence-corrected chi connectivity index (χ2v) is 5.05. The van der Waals surface area contributed by atoms with Gasteiger partial charge >= 0.3 is 0 Å². The van der Waals surface area contributed by atoms with Gasteiger partial charge in [0.15, 0.2) is 0 Å². The van der Waals surface area contributed by atoms with E-state index < -0.39 is 0 Å². The number of amidine groups is 1. The summed E-state index contributed by atoms with van der Waals surface area (Å²) in [6.45, 7) is 4.70. The number of ether oxygens (including phenoxy) is 1. The van der Waals surface area contributed by atoms with Crippen LogP contribution in [0.15, 0.2) is 24.3 Å². The number of nitrogens with one attached hydrogen (secondary N) is 1. The molecule has 0 bridgehead atoms. The van der Waals surface area contributed by atoms with Crippen molar-refractivity contribution in [2.24, 2.45) is 11.1 Å². The minimum absolute atomic E-state index is 0.191. The van der Waals surface area contributed by atoms with Crippen molar-refractivity contribution in [1.29, 1.82) is 5.41 Å². The highest BCUT2D eigenvalue weighted by atomic mass is 19.1. The maximum atomic E-state index is 13.3. The third kappa shape index (κ3) is 4.45. The Morgan fingerprint density at radius 3 is 2.67 bits per heavy atom. The van der Waals surface area contributed by atoms with Crippen LogP contribution in [-0.4, -0.2) is 12.4 Å². The Labute approximate surface area is 108 Å². The van der Waals surface area contributed by atoms with Gasteiger partial charge in [0.1, 0.15) is 5.82 Å². The molecule has 1 aromatic carbocycles. The first kappa shape index (κ1) is 14.6. The zero-order chi connectivity index (χ0) is 13.6. The SMILES string of the molecule is CC(C)(CCCOCc1ccccc1F)C(=N)N. The van der Waals surface area contributed by atoms with Crippen LogP contribution in [0, 0.1) is 16.6 Å². The van der Waals surface area contributed by atoms with Gasteiger partial charge in [-0.1, -0.05) is 32.0 Å². The lowest BCUT2D eigenvalue weighted by Crippen LogP contribution is -2.30. The van der Waals surface area contributed by atoms with Gasteiger partial charge < -0.3 is 10.5 Å². The van der Waals surface area contributed by atoms with Gasteiger partial charge in [0.05, 0.1) is 12.4 Å². The molecule has 0 aliphatic heterocycles. The fourth-order valence-electron chi connectivity index (χ4n) is 1.55. The molecule has 4 heteroatoms. The monoisotopic (exact) mass is 252 g/mol. The van der Waals surface area contributed by atoms with E-state index in [1.54, 1.807) is 18.2 Å². The Balaban J connectivity index is 2.24. The molecule has 0 fully saturated rings. The van der Waals surface area contributed by atoms with Crippen molar-refractivity contribution in [3.8, 4) is 0 Å². The second-order valence-electron chi connectivity index (χ2n) is 5.05. The van der Waals surface area contributed by atoms with Crippen LogP contribution < -0.4 is 5.73 Å². The lowest BCUT2D eigenvalue weighted by atomic mass is 9.87. The molecule has 0 saturated carbocycles. The van der Waals surface area contributed by atoms with Crippen molar-refractivity contribution >= 4 is 5.84 Å². The molecule has 0 heterocycles. The summed E-state index contributed by atoms with van der Waals surface area (Å²) in [7, 11) is 0. The largest absolute Gasteiger partial charge is 0.387 e. The van der Waals surface area contributed by atoms with Crippen molar-refractivity contribution in [1.82, 2.24) is 0 Å². The Morgan fingerprint density at radius 1 is 1.39 bits per heavy atom. The number of benzene rings is 1. The first-order valence-electron chi connectivity index (χ1n) is 6.09. The summed E-state index contributed by atoms with van der Waals surface area (Å²) in [4.78, 5) is 0. The summed E-state index contributed by atoms with van der Waals surface area (Å²) < 4.78 is 18.7. The van der Waals surface area contributed by atoms with Crippen LogP contribution >= 0.6 is 0 Å². The predicted molar refractivity (Wildman–Crippen MR) is 71.0 cm³/mol. The average molecular weight is 252 g/mol. The fourth-order valence-corrected chi connectivity index (χ4v) is 1.55. The van der Waals surface area contributed by atoms with Crippen molar-refractivity contribution in [3.05, 3.63) is 35.6 Å². The van der Waals surface area contributed by atoms with Crippen LogP contribution in [0.1, 0.15) is 32.3 Å². The number of hydrogen-bond donors (Lipinski definition) is 2. The van der Waals surface area contributed by atoms with E-state index in [-0.39, 0.29) is 23.7 Å². The predicted octanol–water partition coefficient (Wildman–Crippen LogP) is 3.08. The smallest absolute Gasteiger partial charge is 0.128 e. The Morgan fingerprint density at radius 2 is 2.06 bits per heavy atom. The van der Waals surface area contributed by atoms with Crippen LogP contribution in [0.5, 0.6) is 0 Å². The van der Waals surface area contributed by atoms with Crippen molar-refractivity contribution in [2.75, 3.05) is 6.61 Å². The van der Waals surface area contributed by atoms with Crippen molar-refractivity contribution in [2.45, 2.75) is 33.3 Å². The highest BCUT2D eigenvalue weighted by molar-refractivity contribution is 5.82. The summed E-state index contributed by atoms with van der Waals surface area (Å²) in [5.74, 6) is -0.0434. The molecule has 1 aromatic rings. The molecule has 0 spiro atoms. The van der Waals surface area contributed by atoms with Gasteiger partial charge in [-0.15, -0.1) is 0 Å². The topological polar surface area (TPSA) is 59.1 Å². The van der Waals surface area contributed by atoms with E-state index in [0.717, 1.165) is 12.8 Å². The quantitative estimate of drug-likeness (QED) is 0.445. The van der Waals surface area contributed by atoms with Gasteiger partial charge in [-0.25, -0.2) is 4.39 Å². The van der Waals surface area contributed by atoms with Gasteiger partial charge in [-0.2, -0.15) is 0 Å². The van der Waals surface area contributed by atoms with E-state index in [2.05, 4.69) is 0 Å². The summed E-state index contributed by atoms with van der Waals surface area (Å²) in [6, 6.07) is 6.60. The molecule has 18 heavy (non-hydrogen) atoms. The van der Waals surface area contributed by atoms with Crippen LogP contribution in [0.4, 0.5) is 4.39 Å². The molecule has 0 radical (unpaired) electrons. The molecule has 100 valence electrons. The Bertz CT molecular complexity index is 405. The minimum atomic E-state index is -0.290. The standard InChI is InChI=1S/C14H21FN2O/c1-14(2,13(16)17)8-5-9-18-10-11-6-3-4-7-12(11)15/h3-4,6-7H,5,8-10H2,1-2H3,(H3,16,17). The molecule has 0 saturated heterocycles. The van der Waals surface area contributed by atoms with E-state index in [9.17, 15) is 4.39 Å². The third-order valence-electron chi connectivity index (χ3n) is 3.03. The molecule has 0 amide bonds. The Kier molecular flexibility index (Phi) is 5.28. The molecular weight excluding hydrogens is 231 g/mol.